The minimum Gasteiger partial charge on any atom is -0.348 e. The molecule has 0 bridgehead atoms. The zero-order chi connectivity index (χ0) is 7.23. The Kier molecular flexibility index (Phi) is 2.43. The van der Waals surface area contributed by atoms with Crippen LogP contribution in [0.1, 0.15) is 5.82 Å². The van der Waals surface area contributed by atoms with Gasteiger partial charge >= 0.3 is 0 Å². The van der Waals surface area contributed by atoms with E-state index in [1.807, 2.05) is 0 Å². The molecule has 3 nitrogen and oxygen atoms in total. The number of hydrogen-bond donors (Lipinski definition) is 1. The lowest BCUT2D eigenvalue weighted by Gasteiger charge is -1.83. The van der Waals surface area contributed by atoms with Gasteiger partial charge in [0.2, 0.25) is 0 Å². The van der Waals surface area contributed by atoms with Gasteiger partial charge in [0.05, 0.1) is 0 Å². The fourth-order valence-electron chi connectivity index (χ4n) is 0.645. The second-order valence-corrected chi connectivity index (χ2v) is 1.80. The molecule has 3 heteroatoms. The lowest BCUT2D eigenvalue weighted by molar-refractivity contribution is -0.104. The number of hydrogen-bond acceptors (Lipinski definition) is 2. The van der Waals surface area contributed by atoms with Crippen LogP contribution in [0.25, 0.3) is 0 Å². The minimum atomic E-state index is 0.686. The van der Waals surface area contributed by atoms with Crippen molar-refractivity contribution in [3.63, 3.8) is 0 Å². The third-order valence-electron chi connectivity index (χ3n) is 1.08. The molecule has 1 rings (SSSR count). The number of H-pyrrole nitrogens is 1. The van der Waals surface area contributed by atoms with E-state index in [1.165, 1.54) is 6.08 Å². The van der Waals surface area contributed by atoms with Gasteiger partial charge in [0, 0.05) is 18.8 Å². The summed E-state index contributed by atoms with van der Waals surface area (Å²) in [5.41, 5.74) is 0. The van der Waals surface area contributed by atoms with E-state index in [0.29, 0.717) is 6.42 Å². The van der Waals surface area contributed by atoms with Crippen LogP contribution in [-0.2, 0) is 11.2 Å². The van der Waals surface area contributed by atoms with Crippen LogP contribution < -0.4 is 0 Å². The van der Waals surface area contributed by atoms with Crippen molar-refractivity contribution >= 4 is 6.29 Å². The number of rotatable bonds is 3. The Labute approximate surface area is 58.8 Å². The smallest absolute Gasteiger partial charge is 0.142 e. The first-order valence-corrected chi connectivity index (χ1v) is 3.02. The summed E-state index contributed by atoms with van der Waals surface area (Å²) in [7, 11) is 0. The lowest BCUT2D eigenvalue weighted by Crippen LogP contribution is -1.82. The van der Waals surface area contributed by atoms with Crippen molar-refractivity contribution in [3.05, 3.63) is 30.4 Å². The standard InChI is InChI=1S/C7H8N2O/c10-6-2-1-3-7-8-4-5-9-7/h1-2,4-6H,3H2,(H,8,9)/b2-1-. The van der Waals surface area contributed by atoms with Gasteiger partial charge in [-0.15, -0.1) is 0 Å². The summed E-state index contributed by atoms with van der Waals surface area (Å²) in [6.45, 7) is 0. The second-order valence-electron chi connectivity index (χ2n) is 1.80. The number of allylic oxidation sites excluding steroid dienone is 2. The molecule has 1 aromatic heterocycles. The van der Waals surface area contributed by atoms with Crippen molar-refractivity contribution in [1.82, 2.24) is 9.97 Å². The molecule has 0 amide bonds. The lowest BCUT2D eigenvalue weighted by atomic mass is 10.4. The van der Waals surface area contributed by atoms with Crippen LogP contribution in [0.5, 0.6) is 0 Å². The number of aldehydes is 1. The Morgan fingerprint density at radius 1 is 1.70 bits per heavy atom. The average molecular weight is 136 g/mol. The molecule has 0 saturated heterocycles. The van der Waals surface area contributed by atoms with E-state index >= 15 is 0 Å². The van der Waals surface area contributed by atoms with Crippen molar-refractivity contribution in [2.75, 3.05) is 0 Å². The number of aromatic amines is 1. The Bertz CT molecular complexity index is 214. The summed E-state index contributed by atoms with van der Waals surface area (Å²) >= 11 is 0. The van der Waals surface area contributed by atoms with E-state index in [0.717, 1.165) is 12.1 Å². The number of carbonyl (C=O) groups excluding carboxylic acids is 1. The molecular formula is C7H8N2O. The zero-order valence-corrected chi connectivity index (χ0v) is 5.45. The minimum absolute atomic E-state index is 0.686. The molecule has 0 saturated carbocycles. The Hall–Kier alpha value is -1.38. The first-order chi connectivity index (χ1) is 4.93. The number of nitrogens with one attached hydrogen (secondary N) is 1. The van der Waals surface area contributed by atoms with Gasteiger partial charge in [0.15, 0.2) is 0 Å². The Morgan fingerprint density at radius 3 is 3.20 bits per heavy atom. The van der Waals surface area contributed by atoms with Crippen LogP contribution in [-0.4, -0.2) is 16.3 Å². The van der Waals surface area contributed by atoms with E-state index in [2.05, 4.69) is 9.97 Å². The predicted octanol–water partition coefficient (Wildman–Crippen LogP) is 0.707. The molecule has 0 aliphatic carbocycles. The van der Waals surface area contributed by atoms with Crippen molar-refractivity contribution in [2.45, 2.75) is 6.42 Å². The topological polar surface area (TPSA) is 45.8 Å². The summed E-state index contributed by atoms with van der Waals surface area (Å²) in [4.78, 5) is 16.7. The highest BCUT2D eigenvalue weighted by atomic mass is 16.1. The number of imidazole rings is 1. The van der Waals surface area contributed by atoms with Crippen LogP contribution in [0.15, 0.2) is 24.5 Å². The molecule has 0 fully saturated rings. The van der Waals surface area contributed by atoms with Crippen LogP contribution in [0.4, 0.5) is 0 Å². The van der Waals surface area contributed by atoms with Gasteiger partial charge in [-0.1, -0.05) is 6.08 Å². The largest absolute Gasteiger partial charge is 0.348 e. The molecule has 1 N–H and O–H groups in total. The quantitative estimate of drug-likeness (QED) is 0.491. The molecule has 0 atom stereocenters. The molecule has 0 spiro atoms. The highest BCUT2D eigenvalue weighted by molar-refractivity contribution is 5.64. The second kappa shape index (κ2) is 3.61. The summed E-state index contributed by atoms with van der Waals surface area (Å²) in [5, 5.41) is 0. The monoisotopic (exact) mass is 136 g/mol. The SMILES string of the molecule is O=C/C=C\Cc1ncc[nH]1. The number of carbonyl (C=O) groups is 1. The van der Waals surface area contributed by atoms with Crippen LogP contribution >= 0.6 is 0 Å². The van der Waals surface area contributed by atoms with Gasteiger partial charge in [-0.05, 0) is 6.08 Å². The first kappa shape index (κ1) is 6.74. The normalized spacial score (nSPS) is 10.4. The maximum atomic E-state index is 9.82. The van der Waals surface area contributed by atoms with E-state index < -0.39 is 0 Å². The summed E-state index contributed by atoms with van der Waals surface area (Å²) < 4.78 is 0. The molecule has 0 radical (unpaired) electrons. The fourth-order valence-corrected chi connectivity index (χ4v) is 0.645. The zero-order valence-electron chi connectivity index (χ0n) is 5.45. The third-order valence-corrected chi connectivity index (χ3v) is 1.08. The van der Waals surface area contributed by atoms with Gasteiger partial charge < -0.3 is 4.98 Å². The molecule has 1 heterocycles. The van der Waals surface area contributed by atoms with Gasteiger partial charge in [0.25, 0.3) is 0 Å². The molecule has 0 unspecified atom stereocenters. The van der Waals surface area contributed by atoms with Crippen molar-refractivity contribution in [3.8, 4) is 0 Å². The molecule has 0 aliphatic heterocycles. The van der Waals surface area contributed by atoms with Crippen LogP contribution in [0, 0.1) is 0 Å². The maximum absolute atomic E-state index is 9.82. The van der Waals surface area contributed by atoms with Crippen molar-refractivity contribution in [1.29, 1.82) is 0 Å². The highest BCUT2D eigenvalue weighted by Gasteiger charge is 1.86. The molecule has 52 valence electrons. The third kappa shape index (κ3) is 1.85. The first-order valence-electron chi connectivity index (χ1n) is 3.02. The Morgan fingerprint density at radius 2 is 2.60 bits per heavy atom. The van der Waals surface area contributed by atoms with E-state index in [-0.39, 0.29) is 0 Å². The van der Waals surface area contributed by atoms with Crippen LogP contribution in [0.2, 0.25) is 0 Å². The molecule has 0 aromatic carbocycles. The Balaban J connectivity index is 2.41. The average Bonchev–Trinajstić information content (AvgIpc) is 2.41. The van der Waals surface area contributed by atoms with Gasteiger partial charge in [-0.2, -0.15) is 0 Å². The molecule has 10 heavy (non-hydrogen) atoms. The van der Waals surface area contributed by atoms with E-state index in [9.17, 15) is 4.79 Å². The van der Waals surface area contributed by atoms with Crippen molar-refractivity contribution in [2.24, 2.45) is 0 Å². The van der Waals surface area contributed by atoms with Gasteiger partial charge in [-0.3, -0.25) is 4.79 Å². The number of nitrogens with zero attached hydrogens (tertiary/aromatic N) is 1. The van der Waals surface area contributed by atoms with Gasteiger partial charge in [-0.25, -0.2) is 4.98 Å². The molecular weight excluding hydrogens is 128 g/mol. The summed E-state index contributed by atoms with van der Waals surface area (Å²) in [6, 6.07) is 0. The fraction of sp³-hybridized carbons (Fsp3) is 0.143. The molecule has 0 aliphatic rings. The highest BCUT2D eigenvalue weighted by Crippen LogP contribution is 1.89. The van der Waals surface area contributed by atoms with Crippen molar-refractivity contribution < 1.29 is 4.79 Å². The van der Waals surface area contributed by atoms with Gasteiger partial charge in [0.1, 0.15) is 12.1 Å². The van der Waals surface area contributed by atoms with E-state index in [1.54, 1.807) is 18.5 Å². The maximum Gasteiger partial charge on any atom is 0.142 e. The summed E-state index contributed by atoms with van der Waals surface area (Å²) in [6.07, 6.45) is 8.09. The number of aromatic nitrogens is 2. The summed E-state index contributed by atoms with van der Waals surface area (Å²) in [5.74, 6) is 0.873. The predicted molar refractivity (Wildman–Crippen MR) is 37.5 cm³/mol. The van der Waals surface area contributed by atoms with E-state index in [4.69, 9.17) is 0 Å². The molecule has 1 aromatic rings. The van der Waals surface area contributed by atoms with Crippen LogP contribution in [0.3, 0.4) is 0 Å².